The lowest BCUT2D eigenvalue weighted by molar-refractivity contribution is 0.102. The van der Waals surface area contributed by atoms with Crippen LogP contribution in [0.15, 0.2) is 29.6 Å². The Balaban J connectivity index is 0.00000225. The number of carbonyl (C=O) groups is 1. The molecule has 0 radical (unpaired) electrons. The van der Waals surface area contributed by atoms with Gasteiger partial charge < -0.3 is 11.1 Å². The lowest BCUT2D eigenvalue weighted by atomic mass is 10.2. The van der Waals surface area contributed by atoms with E-state index in [4.69, 9.17) is 5.73 Å². The van der Waals surface area contributed by atoms with Gasteiger partial charge in [0.2, 0.25) is 10.0 Å². The SMILES string of the molecule is Cl.NCCc1nc(C(=O)Nc2cccc(N3CCCS3(=O)=O)c2)cs1. The summed E-state index contributed by atoms with van der Waals surface area (Å²) in [7, 11) is -3.24. The molecular weight excluding hydrogens is 384 g/mol. The molecule has 25 heavy (non-hydrogen) atoms. The molecule has 1 aliphatic heterocycles. The van der Waals surface area contributed by atoms with Crippen LogP contribution in [0, 0.1) is 0 Å². The maximum atomic E-state index is 12.3. The highest BCUT2D eigenvalue weighted by Crippen LogP contribution is 2.26. The van der Waals surface area contributed by atoms with Crippen molar-refractivity contribution >= 4 is 51.0 Å². The number of thiazole rings is 1. The van der Waals surface area contributed by atoms with Crippen LogP contribution < -0.4 is 15.4 Å². The zero-order valence-electron chi connectivity index (χ0n) is 13.3. The second-order valence-corrected chi connectivity index (χ2v) is 8.37. The van der Waals surface area contributed by atoms with Crippen molar-refractivity contribution in [1.82, 2.24) is 4.98 Å². The first-order chi connectivity index (χ1) is 11.5. The standard InChI is InChI=1S/C15H18N4O3S2.ClH/c16-6-5-14-18-13(10-23-14)15(20)17-11-3-1-4-12(9-11)19-7-2-8-24(19,21)22;/h1,3-4,9-10H,2,5-8,16H2,(H,17,20);1H. The number of nitrogens with two attached hydrogens (primary N) is 1. The maximum absolute atomic E-state index is 12.3. The number of hydrogen-bond acceptors (Lipinski definition) is 6. The summed E-state index contributed by atoms with van der Waals surface area (Å²) in [5, 5.41) is 5.27. The fraction of sp³-hybridized carbons (Fsp3) is 0.333. The zero-order valence-corrected chi connectivity index (χ0v) is 15.8. The molecule has 2 aromatic rings. The lowest BCUT2D eigenvalue weighted by Gasteiger charge is -2.17. The Hall–Kier alpha value is -1.68. The van der Waals surface area contributed by atoms with E-state index in [1.807, 2.05) is 0 Å². The molecule has 3 N–H and O–H groups in total. The molecule has 0 bridgehead atoms. The minimum absolute atomic E-state index is 0. The second-order valence-electron chi connectivity index (χ2n) is 5.41. The summed E-state index contributed by atoms with van der Waals surface area (Å²) in [4.78, 5) is 16.5. The van der Waals surface area contributed by atoms with Crippen LogP contribution >= 0.6 is 23.7 Å². The van der Waals surface area contributed by atoms with Crippen LogP contribution in [0.3, 0.4) is 0 Å². The molecule has 136 valence electrons. The summed E-state index contributed by atoms with van der Waals surface area (Å²) in [6, 6.07) is 6.82. The monoisotopic (exact) mass is 402 g/mol. The van der Waals surface area contributed by atoms with E-state index in [-0.39, 0.29) is 24.1 Å². The molecule has 7 nitrogen and oxygen atoms in total. The molecular formula is C15H19ClN4O3S2. The van der Waals surface area contributed by atoms with Gasteiger partial charge in [-0.25, -0.2) is 13.4 Å². The van der Waals surface area contributed by atoms with E-state index in [0.29, 0.717) is 43.0 Å². The van der Waals surface area contributed by atoms with Crippen LogP contribution in [0.1, 0.15) is 21.9 Å². The fourth-order valence-electron chi connectivity index (χ4n) is 2.52. The molecule has 1 aliphatic rings. The van der Waals surface area contributed by atoms with Crippen LogP contribution in [0.25, 0.3) is 0 Å². The van der Waals surface area contributed by atoms with Crippen LogP contribution in [-0.2, 0) is 16.4 Å². The Morgan fingerprint density at radius 1 is 1.40 bits per heavy atom. The minimum atomic E-state index is -3.24. The molecule has 1 aromatic heterocycles. The maximum Gasteiger partial charge on any atom is 0.275 e. The fourth-order valence-corrected chi connectivity index (χ4v) is 4.87. The van der Waals surface area contributed by atoms with Gasteiger partial charge in [-0.3, -0.25) is 9.10 Å². The Morgan fingerprint density at radius 2 is 2.20 bits per heavy atom. The predicted octanol–water partition coefficient (Wildman–Crippen LogP) is 1.86. The number of nitrogens with zero attached hydrogens (tertiary/aromatic N) is 2. The summed E-state index contributed by atoms with van der Waals surface area (Å²) in [5.74, 6) is -0.164. The largest absolute Gasteiger partial charge is 0.330 e. The number of amides is 1. The molecule has 1 saturated heterocycles. The molecule has 3 rings (SSSR count). The van der Waals surface area contributed by atoms with Crippen LogP contribution in [-0.4, -0.2) is 38.2 Å². The summed E-state index contributed by atoms with van der Waals surface area (Å²) in [6.07, 6.45) is 1.25. The molecule has 0 spiro atoms. The predicted molar refractivity (Wildman–Crippen MR) is 102 cm³/mol. The van der Waals surface area contributed by atoms with E-state index in [1.54, 1.807) is 29.6 Å². The third-order valence-corrected chi connectivity index (χ3v) is 6.41. The van der Waals surface area contributed by atoms with E-state index in [2.05, 4.69) is 10.3 Å². The topological polar surface area (TPSA) is 105 Å². The molecule has 0 saturated carbocycles. The van der Waals surface area contributed by atoms with Crippen molar-refractivity contribution in [1.29, 1.82) is 0 Å². The van der Waals surface area contributed by atoms with Gasteiger partial charge in [0, 0.05) is 24.0 Å². The highest BCUT2D eigenvalue weighted by molar-refractivity contribution is 7.93. The van der Waals surface area contributed by atoms with Gasteiger partial charge in [0.15, 0.2) is 0 Å². The van der Waals surface area contributed by atoms with Crippen LogP contribution in [0.2, 0.25) is 0 Å². The molecule has 10 heteroatoms. The third-order valence-electron chi connectivity index (χ3n) is 3.63. The van der Waals surface area contributed by atoms with Crippen molar-refractivity contribution < 1.29 is 13.2 Å². The van der Waals surface area contributed by atoms with Crippen molar-refractivity contribution in [3.05, 3.63) is 40.3 Å². The Labute approximate surface area is 156 Å². The summed E-state index contributed by atoms with van der Waals surface area (Å²) >= 11 is 1.40. The van der Waals surface area contributed by atoms with Gasteiger partial charge >= 0.3 is 0 Å². The summed E-state index contributed by atoms with van der Waals surface area (Å²) in [6.45, 7) is 0.954. The average molecular weight is 403 g/mol. The van der Waals surface area contributed by atoms with Crippen molar-refractivity contribution in [2.45, 2.75) is 12.8 Å². The third kappa shape index (κ3) is 4.49. The number of nitrogens with one attached hydrogen (secondary N) is 1. The van der Waals surface area contributed by atoms with E-state index in [0.717, 1.165) is 5.01 Å². The number of carbonyl (C=O) groups excluding carboxylic acids is 1. The molecule has 1 fully saturated rings. The van der Waals surface area contributed by atoms with E-state index >= 15 is 0 Å². The lowest BCUT2D eigenvalue weighted by Crippen LogP contribution is -2.25. The van der Waals surface area contributed by atoms with Gasteiger partial charge in [-0.1, -0.05) is 6.07 Å². The van der Waals surface area contributed by atoms with Gasteiger partial charge in [0.25, 0.3) is 5.91 Å². The molecule has 0 aliphatic carbocycles. The number of benzene rings is 1. The Morgan fingerprint density at radius 3 is 2.88 bits per heavy atom. The van der Waals surface area contributed by atoms with Gasteiger partial charge in [0.05, 0.1) is 16.4 Å². The first-order valence-corrected chi connectivity index (χ1v) is 10.0. The number of hydrogen-bond donors (Lipinski definition) is 2. The van der Waals surface area contributed by atoms with Crippen LogP contribution in [0.4, 0.5) is 11.4 Å². The van der Waals surface area contributed by atoms with Crippen molar-refractivity contribution in [3.63, 3.8) is 0 Å². The van der Waals surface area contributed by atoms with Gasteiger partial charge in [-0.15, -0.1) is 23.7 Å². The smallest absolute Gasteiger partial charge is 0.275 e. The van der Waals surface area contributed by atoms with Gasteiger partial charge in [-0.2, -0.15) is 0 Å². The molecule has 0 unspecified atom stereocenters. The summed E-state index contributed by atoms with van der Waals surface area (Å²) in [5.41, 5.74) is 6.91. The molecule has 0 atom stereocenters. The molecule has 2 heterocycles. The first-order valence-electron chi connectivity index (χ1n) is 7.56. The van der Waals surface area contributed by atoms with E-state index < -0.39 is 10.0 Å². The van der Waals surface area contributed by atoms with Gasteiger partial charge in [0.1, 0.15) is 5.69 Å². The quantitative estimate of drug-likeness (QED) is 0.794. The van der Waals surface area contributed by atoms with Gasteiger partial charge in [-0.05, 0) is 31.2 Å². The Bertz CT molecular complexity index is 854. The highest BCUT2D eigenvalue weighted by Gasteiger charge is 2.28. The van der Waals surface area contributed by atoms with Crippen LogP contribution in [0.5, 0.6) is 0 Å². The number of sulfonamides is 1. The Kier molecular flexibility index (Phi) is 6.39. The highest BCUT2D eigenvalue weighted by atomic mass is 35.5. The van der Waals surface area contributed by atoms with Crippen molar-refractivity contribution in [3.8, 4) is 0 Å². The number of aromatic nitrogens is 1. The van der Waals surface area contributed by atoms with Crippen molar-refractivity contribution in [2.24, 2.45) is 5.73 Å². The van der Waals surface area contributed by atoms with Crippen molar-refractivity contribution in [2.75, 3.05) is 28.5 Å². The minimum Gasteiger partial charge on any atom is -0.330 e. The first kappa shape index (κ1) is 19.6. The number of rotatable bonds is 5. The zero-order chi connectivity index (χ0) is 17.2. The number of halogens is 1. The normalized spacial score (nSPS) is 15.6. The number of anilines is 2. The summed E-state index contributed by atoms with van der Waals surface area (Å²) < 4.78 is 25.4. The van der Waals surface area contributed by atoms with E-state index in [9.17, 15) is 13.2 Å². The van der Waals surface area contributed by atoms with E-state index in [1.165, 1.54) is 15.6 Å². The average Bonchev–Trinajstić information content (AvgIpc) is 3.14. The molecule has 1 aromatic carbocycles. The second kappa shape index (κ2) is 8.13. The molecule has 1 amide bonds.